The van der Waals surface area contributed by atoms with Crippen molar-refractivity contribution in [2.45, 2.75) is 13.5 Å². The van der Waals surface area contributed by atoms with Crippen LogP contribution in [-0.2, 0) is 27.7 Å². The fourth-order valence-corrected chi connectivity index (χ4v) is 2.07. The molecule has 17 heavy (non-hydrogen) atoms. The highest BCUT2D eigenvalue weighted by Crippen LogP contribution is 2.04. The third kappa shape index (κ3) is 1.25. The summed E-state index contributed by atoms with van der Waals surface area (Å²) in [6.45, 7) is 2.21. The van der Waals surface area contributed by atoms with Gasteiger partial charge in [-0.2, -0.15) is 0 Å². The summed E-state index contributed by atoms with van der Waals surface area (Å²) in [5.41, 5.74) is -0.555. The first-order valence-corrected chi connectivity index (χ1v) is 5.27. The van der Waals surface area contributed by atoms with Crippen LogP contribution in [0.15, 0.2) is 14.4 Å². The topological polar surface area (TPSA) is 70.9 Å². The standard InChI is InChI=1S/C10H14N4O3/c1-5-14-7-6(11(2)10(14)17)8(15)13(4)9(16)12(7)3/h5H2,1-4H3. The van der Waals surface area contributed by atoms with Gasteiger partial charge >= 0.3 is 11.4 Å². The van der Waals surface area contributed by atoms with Gasteiger partial charge in [0.05, 0.1) is 0 Å². The second-order valence-corrected chi connectivity index (χ2v) is 3.96. The molecule has 0 N–H and O–H groups in total. The number of nitrogens with zero attached hydrogens (tertiary/aromatic N) is 4. The van der Waals surface area contributed by atoms with Crippen molar-refractivity contribution in [3.63, 3.8) is 0 Å². The van der Waals surface area contributed by atoms with E-state index in [1.807, 2.05) is 0 Å². The number of aromatic nitrogens is 4. The van der Waals surface area contributed by atoms with Gasteiger partial charge in [-0.25, -0.2) is 9.59 Å². The van der Waals surface area contributed by atoms with Crippen molar-refractivity contribution < 1.29 is 0 Å². The second-order valence-electron chi connectivity index (χ2n) is 3.96. The molecule has 2 heterocycles. The molecule has 0 saturated heterocycles. The van der Waals surface area contributed by atoms with Gasteiger partial charge in [-0.05, 0) is 6.92 Å². The second kappa shape index (κ2) is 3.47. The van der Waals surface area contributed by atoms with Gasteiger partial charge in [0.15, 0.2) is 11.2 Å². The van der Waals surface area contributed by atoms with Crippen LogP contribution >= 0.6 is 0 Å². The molecular formula is C10H14N4O3. The van der Waals surface area contributed by atoms with E-state index >= 15 is 0 Å². The van der Waals surface area contributed by atoms with Gasteiger partial charge in [0.25, 0.3) is 5.56 Å². The average Bonchev–Trinajstić information content (AvgIpc) is 2.57. The summed E-state index contributed by atoms with van der Waals surface area (Å²) < 4.78 is 5.02. The molecule has 7 nitrogen and oxygen atoms in total. The van der Waals surface area contributed by atoms with Crippen LogP contribution < -0.4 is 16.9 Å². The molecule has 0 aliphatic heterocycles. The van der Waals surface area contributed by atoms with Crippen LogP contribution in [0, 0.1) is 0 Å². The Balaban J connectivity index is 3.30. The SMILES string of the molecule is CCn1c(=O)n(C)c2c(=O)n(C)c(=O)n(C)c21. The third-order valence-corrected chi connectivity index (χ3v) is 3.04. The van der Waals surface area contributed by atoms with Crippen molar-refractivity contribution in [2.24, 2.45) is 21.1 Å². The van der Waals surface area contributed by atoms with Gasteiger partial charge in [0, 0.05) is 27.7 Å². The lowest BCUT2D eigenvalue weighted by atomic mass is 10.5. The molecule has 0 bridgehead atoms. The van der Waals surface area contributed by atoms with E-state index < -0.39 is 11.2 Å². The molecule has 92 valence electrons. The van der Waals surface area contributed by atoms with E-state index in [4.69, 9.17) is 0 Å². The summed E-state index contributed by atoms with van der Waals surface area (Å²) >= 11 is 0. The van der Waals surface area contributed by atoms with Crippen LogP contribution in [0.25, 0.3) is 11.2 Å². The highest BCUT2D eigenvalue weighted by Gasteiger charge is 2.18. The summed E-state index contributed by atoms with van der Waals surface area (Å²) in [5.74, 6) is 0. The number of rotatable bonds is 1. The Kier molecular flexibility index (Phi) is 2.34. The number of fused-ring (bicyclic) bond motifs is 1. The van der Waals surface area contributed by atoms with Gasteiger partial charge in [-0.15, -0.1) is 0 Å². The highest BCUT2D eigenvalue weighted by molar-refractivity contribution is 5.70. The Morgan fingerprint density at radius 2 is 1.47 bits per heavy atom. The van der Waals surface area contributed by atoms with Crippen molar-refractivity contribution in [1.29, 1.82) is 0 Å². The lowest BCUT2D eigenvalue weighted by Gasteiger charge is -2.05. The third-order valence-electron chi connectivity index (χ3n) is 3.04. The molecular weight excluding hydrogens is 224 g/mol. The molecule has 0 radical (unpaired) electrons. The molecule has 0 saturated carbocycles. The maximum Gasteiger partial charge on any atom is 0.332 e. The van der Waals surface area contributed by atoms with Crippen molar-refractivity contribution in [3.05, 3.63) is 31.3 Å². The van der Waals surface area contributed by atoms with Crippen LogP contribution in [0.1, 0.15) is 6.92 Å². The zero-order chi connectivity index (χ0) is 12.9. The first kappa shape index (κ1) is 11.4. The van der Waals surface area contributed by atoms with Crippen LogP contribution in [-0.4, -0.2) is 18.3 Å². The first-order chi connectivity index (χ1) is 7.91. The number of imidazole rings is 1. The van der Waals surface area contributed by atoms with Gasteiger partial charge in [0.1, 0.15) is 0 Å². The molecule has 0 atom stereocenters. The maximum absolute atomic E-state index is 12.0. The van der Waals surface area contributed by atoms with Crippen LogP contribution in [0.3, 0.4) is 0 Å². The van der Waals surface area contributed by atoms with E-state index in [0.29, 0.717) is 12.2 Å². The smallest absolute Gasteiger partial charge is 0.289 e. The summed E-state index contributed by atoms with van der Waals surface area (Å²) in [7, 11) is 4.48. The molecule has 2 rings (SSSR count). The molecule has 0 aliphatic rings. The van der Waals surface area contributed by atoms with E-state index in [1.54, 1.807) is 14.0 Å². The largest absolute Gasteiger partial charge is 0.332 e. The molecule has 0 aliphatic carbocycles. The zero-order valence-electron chi connectivity index (χ0n) is 10.2. The quantitative estimate of drug-likeness (QED) is 0.623. The highest BCUT2D eigenvalue weighted by atomic mass is 16.2. The Labute approximate surface area is 96.1 Å². The molecule has 0 aromatic carbocycles. The lowest BCUT2D eigenvalue weighted by molar-refractivity contribution is 0.670. The Bertz CT molecular complexity index is 772. The van der Waals surface area contributed by atoms with Crippen molar-refractivity contribution in [2.75, 3.05) is 0 Å². The van der Waals surface area contributed by atoms with Gasteiger partial charge in [-0.1, -0.05) is 0 Å². The van der Waals surface area contributed by atoms with Crippen LogP contribution in [0.4, 0.5) is 0 Å². The number of hydrogen-bond acceptors (Lipinski definition) is 3. The molecule has 0 fully saturated rings. The van der Waals surface area contributed by atoms with Crippen LogP contribution in [0.5, 0.6) is 0 Å². The normalized spacial score (nSPS) is 11.3. The molecule has 0 amide bonds. The summed E-state index contributed by atoms with van der Waals surface area (Å²) in [6.07, 6.45) is 0. The van der Waals surface area contributed by atoms with E-state index in [0.717, 1.165) is 4.57 Å². The minimum absolute atomic E-state index is 0.251. The van der Waals surface area contributed by atoms with E-state index in [2.05, 4.69) is 0 Å². The maximum atomic E-state index is 12.0. The number of aryl methyl sites for hydroxylation is 3. The Morgan fingerprint density at radius 3 is 2.00 bits per heavy atom. The zero-order valence-corrected chi connectivity index (χ0v) is 10.2. The Hall–Kier alpha value is -2.05. The fourth-order valence-electron chi connectivity index (χ4n) is 2.07. The minimum atomic E-state index is -0.449. The molecule has 2 aromatic rings. The fraction of sp³-hybridized carbons (Fsp3) is 0.500. The molecule has 7 heteroatoms. The predicted molar refractivity (Wildman–Crippen MR) is 63.3 cm³/mol. The minimum Gasteiger partial charge on any atom is -0.289 e. The molecule has 0 unspecified atom stereocenters. The first-order valence-electron chi connectivity index (χ1n) is 5.27. The average molecular weight is 238 g/mol. The van der Waals surface area contributed by atoms with Gasteiger partial charge in [0.2, 0.25) is 0 Å². The summed E-state index contributed by atoms with van der Waals surface area (Å²) in [6, 6.07) is 0. The lowest BCUT2D eigenvalue weighted by Crippen LogP contribution is -2.37. The van der Waals surface area contributed by atoms with Crippen LogP contribution in [0.2, 0.25) is 0 Å². The van der Waals surface area contributed by atoms with Gasteiger partial charge in [-0.3, -0.25) is 23.1 Å². The van der Waals surface area contributed by atoms with E-state index in [1.165, 1.54) is 27.8 Å². The van der Waals surface area contributed by atoms with Crippen molar-refractivity contribution >= 4 is 11.2 Å². The van der Waals surface area contributed by atoms with E-state index in [-0.39, 0.29) is 11.2 Å². The predicted octanol–water partition coefficient (Wildman–Crippen LogP) is -1.24. The molecule has 2 aromatic heterocycles. The van der Waals surface area contributed by atoms with Crippen molar-refractivity contribution in [3.8, 4) is 0 Å². The number of hydrogen-bond donors (Lipinski definition) is 0. The molecule has 0 spiro atoms. The Morgan fingerprint density at radius 1 is 0.882 bits per heavy atom. The summed E-state index contributed by atoms with van der Waals surface area (Å²) in [4.78, 5) is 35.7. The summed E-state index contributed by atoms with van der Waals surface area (Å²) in [5, 5.41) is 0. The van der Waals surface area contributed by atoms with E-state index in [9.17, 15) is 14.4 Å². The monoisotopic (exact) mass is 238 g/mol. The van der Waals surface area contributed by atoms with Gasteiger partial charge < -0.3 is 0 Å². The van der Waals surface area contributed by atoms with Crippen molar-refractivity contribution in [1.82, 2.24) is 18.3 Å².